The predicted octanol–water partition coefficient (Wildman–Crippen LogP) is 3.74. The van der Waals surface area contributed by atoms with Crippen molar-refractivity contribution in [2.75, 3.05) is 0 Å². The predicted molar refractivity (Wildman–Crippen MR) is 68.1 cm³/mol. The summed E-state index contributed by atoms with van der Waals surface area (Å²) in [5, 5.41) is 0. The van der Waals surface area contributed by atoms with Crippen molar-refractivity contribution in [2.45, 2.75) is 18.3 Å². The second kappa shape index (κ2) is 4.05. The molecule has 1 nitrogen and oxygen atoms in total. The van der Waals surface area contributed by atoms with E-state index >= 15 is 0 Å². The summed E-state index contributed by atoms with van der Waals surface area (Å²) in [7, 11) is 0. The molecule has 3 rings (SSSR count). The Kier molecular flexibility index (Phi) is 2.51. The zero-order valence-corrected chi connectivity index (χ0v) is 9.90. The lowest BCUT2D eigenvalue weighted by atomic mass is 9.87. The van der Waals surface area contributed by atoms with Crippen LogP contribution in [0.2, 0.25) is 0 Å². The van der Waals surface area contributed by atoms with Gasteiger partial charge in [-0.05, 0) is 42.7 Å². The van der Waals surface area contributed by atoms with Gasteiger partial charge in [0.15, 0.2) is 5.78 Å². The number of carbonyl (C=O) groups is 1. The maximum atomic E-state index is 12.9. The first kappa shape index (κ1) is 11.1. The molecule has 0 radical (unpaired) electrons. The fourth-order valence-corrected chi connectivity index (χ4v) is 2.41. The highest BCUT2D eigenvalue weighted by atomic mass is 19.1. The average molecular weight is 240 g/mol. The van der Waals surface area contributed by atoms with Gasteiger partial charge < -0.3 is 0 Å². The van der Waals surface area contributed by atoms with Crippen LogP contribution in [0.4, 0.5) is 4.39 Å². The van der Waals surface area contributed by atoms with Gasteiger partial charge in [0.2, 0.25) is 0 Å². The summed E-state index contributed by atoms with van der Waals surface area (Å²) in [5.41, 5.74) is 1.30. The fraction of sp³-hybridized carbons (Fsp3) is 0.188. The topological polar surface area (TPSA) is 17.1 Å². The molecule has 1 aliphatic rings. The number of Topliss-reactive ketones (excluding diaryl/α,β-unsaturated/α-hetero) is 1. The standard InChI is InChI=1S/C16H13FO/c17-14-8-6-12(7-9-14)15(18)16(10-11-16)13-4-2-1-3-5-13/h1-9H,10-11H2. The van der Waals surface area contributed by atoms with E-state index in [0.717, 1.165) is 18.4 Å². The van der Waals surface area contributed by atoms with E-state index in [2.05, 4.69) is 0 Å². The molecule has 1 aliphatic carbocycles. The zero-order chi connectivity index (χ0) is 12.6. The van der Waals surface area contributed by atoms with Crippen molar-refractivity contribution in [1.29, 1.82) is 0 Å². The van der Waals surface area contributed by atoms with Gasteiger partial charge in [0.1, 0.15) is 5.82 Å². The van der Waals surface area contributed by atoms with Gasteiger partial charge in [-0.2, -0.15) is 0 Å². The molecule has 0 N–H and O–H groups in total. The number of ketones is 1. The summed E-state index contributed by atoms with van der Waals surface area (Å²) in [4.78, 5) is 12.5. The number of halogens is 1. The lowest BCUT2D eigenvalue weighted by Crippen LogP contribution is -2.20. The summed E-state index contributed by atoms with van der Waals surface area (Å²) in [5.74, 6) is -0.204. The zero-order valence-electron chi connectivity index (χ0n) is 9.90. The van der Waals surface area contributed by atoms with Crippen molar-refractivity contribution in [3.05, 3.63) is 71.5 Å². The van der Waals surface area contributed by atoms with E-state index in [1.54, 1.807) is 12.1 Å². The van der Waals surface area contributed by atoms with Crippen LogP contribution in [0.5, 0.6) is 0 Å². The summed E-state index contributed by atoms with van der Waals surface area (Å²) in [6, 6.07) is 15.7. The van der Waals surface area contributed by atoms with Gasteiger partial charge in [-0.15, -0.1) is 0 Å². The molecule has 1 fully saturated rings. The molecule has 2 heteroatoms. The molecule has 0 aliphatic heterocycles. The largest absolute Gasteiger partial charge is 0.293 e. The summed E-state index contributed by atoms with van der Waals surface area (Å²) in [6.45, 7) is 0. The minimum atomic E-state index is -0.362. The van der Waals surface area contributed by atoms with Crippen LogP contribution < -0.4 is 0 Å². The first-order valence-electron chi connectivity index (χ1n) is 6.08. The van der Waals surface area contributed by atoms with Gasteiger partial charge in [0.05, 0.1) is 5.41 Å². The van der Waals surface area contributed by atoms with Crippen LogP contribution in [0.3, 0.4) is 0 Å². The maximum absolute atomic E-state index is 12.9. The third-order valence-electron chi connectivity index (χ3n) is 3.62. The Morgan fingerprint density at radius 3 is 2.11 bits per heavy atom. The molecule has 2 aromatic rings. The lowest BCUT2D eigenvalue weighted by Gasteiger charge is -2.14. The lowest BCUT2D eigenvalue weighted by molar-refractivity contribution is 0.0946. The molecule has 1 saturated carbocycles. The van der Waals surface area contributed by atoms with E-state index in [1.807, 2.05) is 30.3 Å². The highest BCUT2D eigenvalue weighted by molar-refractivity contribution is 6.06. The third-order valence-corrected chi connectivity index (χ3v) is 3.62. The quantitative estimate of drug-likeness (QED) is 0.747. The number of hydrogen-bond acceptors (Lipinski definition) is 1. The van der Waals surface area contributed by atoms with Gasteiger partial charge in [-0.25, -0.2) is 4.39 Å². The number of hydrogen-bond donors (Lipinski definition) is 0. The van der Waals surface area contributed by atoms with E-state index in [1.165, 1.54) is 12.1 Å². The van der Waals surface area contributed by atoms with Crippen molar-refractivity contribution in [3.8, 4) is 0 Å². The normalized spacial score (nSPS) is 16.3. The molecule has 0 amide bonds. The minimum absolute atomic E-state index is 0.105. The average Bonchev–Trinajstić information content (AvgIpc) is 3.21. The van der Waals surface area contributed by atoms with Crippen LogP contribution in [0.15, 0.2) is 54.6 Å². The smallest absolute Gasteiger partial charge is 0.173 e. The molecule has 0 atom stereocenters. The van der Waals surface area contributed by atoms with Crippen LogP contribution in [-0.2, 0) is 5.41 Å². The second-order valence-corrected chi connectivity index (χ2v) is 4.78. The Morgan fingerprint density at radius 2 is 1.56 bits per heavy atom. The first-order chi connectivity index (χ1) is 8.72. The van der Waals surface area contributed by atoms with Gasteiger partial charge in [0, 0.05) is 5.56 Å². The summed E-state index contributed by atoms with van der Waals surface area (Å²) >= 11 is 0. The maximum Gasteiger partial charge on any atom is 0.173 e. The summed E-state index contributed by atoms with van der Waals surface area (Å²) in [6.07, 6.45) is 1.76. The molecule has 0 bridgehead atoms. The molecule has 2 aromatic carbocycles. The molecular weight excluding hydrogens is 227 g/mol. The van der Waals surface area contributed by atoms with Crippen LogP contribution >= 0.6 is 0 Å². The summed E-state index contributed by atoms with van der Waals surface area (Å²) < 4.78 is 12.9. The molecule has 18 heavy (non-hydrogen) atoms. The van der Waals surface area contributed by atoms with E-state index in [4.69, 9.17) is 0 Å². The number of benzene rings is 2. The Bertz CT molecular complexity index is 568. The van der Waals surface area contributed by atoms with E-state index in [-0.39, 0.29) is 17.0 Å². The monoisotopic (exact) mass is 240 g/mol. The number of rotatable bonds is 3. The fourth-order valence-electron chi connectivity index (χ4n) is 2.41. The van der Waals surface area contributed by atoms with Crippen LogP contribution in [0.1, 0.15) is 28.8 Å². The molecule has 0 aromatic heterocycles. The Labute approximate surface area is 105 Å². The van der Waals surface area contributed by atoms with E-state index in [9.17, 15) is 9.18 Å². The van der Waals surface area contributed by atoms with Gasteiger partial charge in [0.25, 0.3) is 0 Å². The van der Waals surface area contributed by atoms with Gasteiger partial charge in [-0.3, -0.25) is 4.79 Å². The van der Waals surface area contributed by atoms with E-state index in [0.29, 0.717) is 5.56 Å². The van der Waals surface area contributed by atoms with Crippen LogP contribution in [-0.4, -0.2) is 5.78 Å². The van der Waals surface area contributed by atoms with Crippen molar-refractivity contribution >= 4 is 5.78 Å². The van der Waals surface area contributed by atoms with Crippen LogP contribution in [0.25, 0.3) is 0 Å². The van der Waals surface area contributed by atoms with Crippen molar-refractivity contribution < 1.29 is 9.18 Å². The Balaban J connectivity index is 1.96. The van der Waals surface area contributed by atoms with Crippen molar-refractivity contribution in [2.24, 2.45) is 0 Å². The molecule has 0 saturated heterocycles. The Morgan fingerprint density at radius 1 is 0.944 bits per heavy atom. The third kappa shape index (κ3) is 1.74. The first-order valence-corrected chi connectivity index (χ1v) is 6.08. The minimum Gasteiger partial charge on any atom is -0.293 e. The molecule has 0 unspecified atom stereocenters. The molecular formula is C16H13FO. The molecule has 0 heterocycles. The highest BCUT2D eigenvalue weighted by Crippen LogP contribution is 2.50. The van der Waals surface area contributed by atoms with Crippen LogP contribution in [0, 0.1) is 5.82 Å². The van der Waals surface area contributed by atoms with E-state index < -0.39 is 0 Å². The highest BCUT2D eigenvalue weighted by Gasteiger charge is 2.50. The molecule has 0 spiro atoms. The Hall–Kier alpha value is -1.96. The molecule has 90 valence electrons. The number of carbonyl (C=O) groups excluding carboxylic acids is 1. The van der Waals surface area contributed by atoms with Crippen molar-refractivity contribution in [3.63, 3.8) is 0 Å². The van der Waals surface area contributed by atoms with Gasteiger partial charge in [-0.1, -0.05) is 30.3 Å². The van der Waals surface area contributed by atoms with Crippen molar-refractivity contribution in [1.82, 2.24) is 0 Å². The second-order valence-electron chi connectivity index (χ2n) is 4.78. The SMILES string of the molecule is O=C(c1ccc(F)cc1)C1(c2ccccc2)CC1. The van der Waals surface area contributed by atoms with Gasteiger partial charge >= 0.3 is 0 Å².